The molecule has 0 spiro atoms. The van der Waals surface area contributed by atoms with Gasteiger partial charge >= 0.3 is 0 Å². The number of amides is 1. The second-order valence-corrected chi connectivity index (χ2v) is 7.09. The molecule has 0 saturated carbocycles. The Kier molecular flexibility index (Phi) is 5.65. The van der Waals surface area contributed by atoms with Crippen molar-refractivity contribution in [3.63, 3.8) is 0 Å². The van der Waals surface area contributed by atoms with E-state index in [2.05, 4.69) is 39.0 Å². The van der Waals surface area contributed by atoms with Crippen LogP contribution in [0.15, 0.2) is 48.8 Å². The number of hydrogen-bond donors (Lipinski definition) is 0. The molecule has 0 unspecified atom stereocenters. The zero-order chi connectivity index (χ0) is 18.5. The first-order chi connectivity index (χ1) is 13.3. The lowest BCUT2D eigenvalue weighted by Gasteiger charge is -2.35. The molecule has 2 aromatic rings. The summed E-state index contributed by atoms with van der Waals surface area (Å²) in [6, 6.07) is 12.5. The summed E-state index contributed by atoms with van der Waals surface area (Å²) < 4.78 is 5.40. The molecule has 142 valence electrons. The lowest BCUT2D eigenvalue weighted by atomic mass is 10.1. The summed E-state index contributed by atoms with van der Waals surface area (Å²) in [5.74, 6) is 0.0805. The maximum absolute atomic E-state index is 12.9. The molecule has 0 atom stereocenters. The number of aromatic nitrogens is 1. The maximum Gasteiger partial charge on any atom is 0.255 e. The van der Waals surface area contributed by atoms with Crippen molar-refractivity contribution in [3.8, 4) is 0 Å². The number of hydrogen-bond acceptors (Lipinski definition) is 5. The molecule has 0 N–H and O–H groups in total. The highest BCUT2D eigenvalue weighted by Crippen LogP contribution is 2.18. The van der Waals surface area contributed by atoms with Crippen LogP contribution >= 0.6 is 0 Å². The molecule has 6 heteroatoms. The molecule has 0 bridgehead atoms. The van der Waals surface area contributed by atoms with Crippen LogP contribution in [0.1, 0.15) is 15.9 Å². The van der Waals surface area contributed by atoms with Crippen LogP contribution in [0, 0.1) is 0 Å². The number of ether oxygens (including phenoxy) is 1. The third-order valence-corrected chi connectivity index (χ3v) is 5.26. The average Bonchev–Trinajstić information content (AvgIpc) is 2.75. The van der Waals surface area contributed by atoms with Gasteiger partial charge < -0.3 is 14.5 Å². The van der Waals surface area contributed by atoms with Crippen LogP contribution in [-0.4, -0.2) is 73.2 Å². The van der Waals surface area contributed by atoms with Gasteiger partial charge in [0, 0.05) is 52.0 Å². The fraction of sp³-hybridized carbons (Fsp3) is 0.429. The minimum Gasteiger partial charge on any atom is -0.378 e. The van der Waals surface area contributed by atoms with Crippen molar-refractivity contribution in [1.82, 2.24) is 14.8 Å². The third kappa shape index (κ3) is 4.46. The van der Waals surface area contributed by atoms with Crippen molar-refractivity contribution in [2.75, 3.05) is 57.4 Å². The highest BCUT2D eigenvalue weighted by molar-refractivity contribution is 5.94. The third-order valence-electron chi connectivity index (χ3n) is 5.26. The van der Waals surface area contributed by atoms with Gasteiger partial charge in [0.05, 0.1) is 30.7 Å². The first-order valence-electron chi connectivity index (χ1n) is 9.63. The zero-order valence-corrected chi connectivity index (χ0v) is 15.6. The van der Waals surface area contributed by atoms with E-state index in [9.17, 15) is 4.79 Å². The Balaban J connectivity index is 1.35. The summed E-state index contributed by atoms with van der Waals surface area (Å²) in [7, 11) is 0. The Morgan fingerprint density at radius 1 is 0.963 bits per heavy atom. The van der Waals surface area contributed by atoms with Gasteiger partial charge in [-0.05, 0) is 11.6 Å². The maximum atomic E-state index is 12.9. The van der Waals surface area contributed by atoms with E-state index < -0.39 is 0 Å². The molecule has 1 aromatic carbocycles. The molecule has 2 fully saturated rings. The van der Waals surface area contributed by atoms with Gasteiger partial charge in [-0.25, -0.2) is 0 Å². The summed E-state index contributed by atoms with van der Waals surface area (Å²) in [5, 5.41) is 0. The van der Waals surface area contributed by atoms with E-state index in [-0.39, 0.29) is 5.91 Å². The summed E-state index contributed by atoms with van der Waals surface area (Å²) in [6.07, 6.45) is 3.52. The van der Waals surface area contributed by atoms with E-state index in [4.69, 9.17) is 4.74 Å². The van der Waals surface area contributed by atoms with Gasteiger partial charge in [-0.2, -0.15) is 0 Å². The summed E-state index contributed by atoms with van der Waals surface area (Å²) in [4.78, 5) is 23.8. The van der Waals surface area contributed by atoms with Crippen molar-refractivity contribution in [1.29, 1.82) is 0 Å². The number of piperazine rings is 1. The molecule has 2 aliphatic rings. The quantitative estimate of drug-likeness (QED) is 0.827. The van der Waals surface area contributed by atoms with Crippen LogP contribution < -0.4 is 4.90 Å². The van der Waals surface area contributed by atoms with E-state index in [0.29, 0.717) is 5.56 Å². The molecular weight excluding hydrogens is 340 g/mol. The van der Waals surface area contributed by atoms with E-state index in [0.717, 1.165) is 64.7 Å². The van der Waals surface area contributed by atoms with Crippen molar-refractivity contribution in [3.05, 3.63) is 59.9 Å². The van der Waals surface area contributed by atoms with Gasteiger partial charge in [0.25, 0.3) is 5.91 Å². The molecule has 2 saturated heterocycles. The minimum atomic E-state index is 0.0805. The number of benzene rings is 1. The van der Waals surface area contributed by atoms with Gasteiger partial charge in [0.2, 0.25) is 0 Å². The fourth-order valence-electron chi connectivity index (χ4n) is 3.67. The molecule has 3 heterocycles. The summed E-state index contributed by atoms with van der Waals surface area (Å²) >= 11 is 0. The Bertz CT molecular complexity index is 754. The van der Waals surface area contributed by atoms with Crippen LogP contribution in [0.4, 0.5) is 5.69 Å². The van der Waals surface area contributed by atoms with E-state index in [1.54, 1.807) is 6.20 Å². The zero-order valence-electron chi connectivity index (χ0n) is 15.6. The van der Waals surface area contributed by atoms with Gasteiger partial charge in [0.1, 0.15) is 0 Å². The molecule has 27 heavy (non-hydrogen) atoms. The number of carbonyl (C=O) groups excluding carboxylic acids is 1. The Hall–Kier alpha value is -2.44. The fourth-order valence-corrected chi connectivity index (χ4v) is 3.67. The predicted octanol–water partition coefficient (Wildman–Crippen LogP) is 1.88. The highest BCUT2D eigenvalue weighted by atomic mass is 16.5. The monoisotopic (exact) mass is 366 g/mol. The van der Waals surface area contributed by atoms with E-state index in [1.807, 2.05) is 23.2 Å². The van der Waals surface area contributed by atoms with Crippen LogP contribution in [0.25, 0.3) is 0 Å². The second kappa shape index (κ2) is 8.50. The van der Waals surface area contributed by atoms with Gasteiger partial charge in [-0.15, -0.1) is 0 Å². The molecule has 0 aliphatic carbocycles. The first kappa shape index (κ1) is 17.9. The summed E-state index contributed by atoms with van der Waals surface area (Å²) in [6.45, 7) is 7.39. The van der Waals surface area contributed by atoms with E-state index in [1.165, 1.54) is 5.56 Å². The first-order valence-corrected chi connectivity index (χ1v) is 9.63. The van der Waals surface area contributed by atoms with Gasteiger partial charge in [-0.3, -0.25) is 14.7 Å². The van der Waals surface area contributed by atoms with Crippen LogP contribution in [-0.2, 0) is 11.3 Å². The van der Waals surface area contributed by atoms with Gasteiger partial charge in [0.15, 0.2) is 0 Å². The van der Waals surface area contributed by atoms with Crippen molar-refractivity contribution in [2.45, 2.75) is 6.54 Å². The molecule has 1 aromatic heterocycles. The Morgan fingerprint density at radius 3 is 2.44 bits per heavy atom. The SMILES string of the molecule is O=C(c1cncc(N2CCOCC2)c1)N1CCN(Cc2ccccc2)CC1. The topological polar surface area (TPSA) is 48.9 Å². The number of rotatable bonds is 4. The number of pyridine rings is 1. The molecule has 1 amide bonds. The van der Waals surface area contributed by atoms with Crippen molar-refractivity contribution < 1.29 is 9.53 Å². The standard InChI is InChI=1S/C21H26N4O2/c26-21(19-14-20(16-22-15-19)24-10-12-27-13-11-24)25-8-6-23(7-9-25)17-18-4-2-1-3-5-18/h1-5,14-16H,6-13,17H2. The van der Waals surface area contributed by atoms with Crippen molar-refractivity contribution >= 4 is 11.6 Å². The van der Waals surface area contributed by atoms with Crippen LogP contribution in [0.2, 0.25) is 0 Å². The lowest BCUT2D eigenvalue weighted by Crippen LogP contribution is -2.48. The Morgan fingerprint density at radius 2 is 1.70 bits per heavy atom. The Labute approximate surface area is 160 Å². The molecular formula is C21H26N4O2. The van der Waals surface area contributed by atoms with Crippen LogP contribution in [0.3, 0.4) is 0 Å². The molecule has 4 rings (SSSR count). The number of morpholine rings is 1. The number of nitrogens with zero attached hydrogens (tertiary/aromatic N) is 4. The largest absolute Gasteiger partial charge is 0.378 e. The smallest absolute Gasteiger partial charge is 0.255 e. The van der Waals surface area contributed by atoms with Crippen LogP contribution in [0.5, 0.6) is 0 Å². The minimum absolute atomic E-state index is 0.0805. The molecule has 0 radical (unpaired) electrons. The summed E-state index contributed by atoms with van der Waals surface area (Å²) in [5.41, 5.74) is 3.00. The normalized spacial score (nSPS) is 18.5. The average molecular weight is 366 g/mol. The molecule has 2 aliphatic heterocycles. The second-order valence-electron chi connectivity index (χ2n) is 7.09. The lowest BCUT2D eigenvalue weighted by molar-refractivity contribution is 0.0628. The van der Waals surface area contributed by atoms with E-state index >= 15 is 0 Å². The predicted molar refractivity (Wildman–Crippen MR) is 105 cm³/mol. The van der Waals surface area contributed by atoms with Gasteiger partial charge in [-0.1, -0.05) is 30.3 Å². The van der Waals surface area contributed by atoms with Crippen molar-refractivity contribution in [2.24, 2.45) is 0 Å². The number of anilines is 1. The number of carbonyl (C=O) groups is 1. The highest BCUT2D eigenvalue weighted by Gasteiger charge is 2.23. The molecule has 6 nitrogen and oxygen atoms in total.